The molecule has 1 aromatic carbocycles. The first-order chi connectivity index (χ1) is 10.2. The van der Waals surface area contributed by atoms with Gasteiger partial charge in [0.25, 0.3) is 5.56 Å². The van der Waals surface area contributed by atoms with Gasteiger partial charge in [-0.05, 0) is 49.0 Å². The van der Waals surface area contributed by atoms with Crippen molar-refractivity contribution in [2.24, 2.45) is 11.8 Å². The van der Waals surface area contributed by atoms with Gasteiger partial charge in [0, 0.05) is 6.54 Å². The van der Waals surface area contributed by atoms with Gasteiger partial charge in [-0.15, -0.1) is 0 Å². The van der Waals surface area contributed by atoms with Crippen molar-refractivity contribution in [3.8, 4) is 0 Å². The summed E-state index contributed by atoms with van der Waals surface area (Å²) in [5.74, 6) is 1.46. The van der Waals surface area contributed by atoms with E-state index in [9.17, 15) is 4.79 Å². The van der Waals surface area contributed by atoms with Crippen LogP contribution in [-0.4, -0.2) is 9.55 Å². The molecule has 1 heterocycles. The average molecular weight is 302 g/mol. The van der Waals surface area contributed by atoms with Crippen LogP contribution in [0.15, 0.2) is 29.1 Å². The highest BCUT2D eigenvalue weighted by Gasteiger charge is 2.21. The summed E-state index contributed by atoms with van der Waals surface area (Å²) in [6.07, 6.45) is 6.29. The van der Waals surface area contributed by atoms with Crippen LogP contribution in [0.3, 0.4) is 0 Å². The van der Waals surface area contributed by atoms with Gasteiger partial charge >= 0.3 is 0 Å². The average Bonchev–Trinajstić information content (AvgIpc) is 2.52. The molecule has 1 saturated carbocycles. The molecule has 0 saturated heterocycles. The quantitative estimate of drug-likeness (QED) is 0.860. The van der Waals surface area contributed by atoms with E-state index in [-0.39, 0.29) is 5.56 Å². The fraction of sp³-hybridized carbons (Fsp3) is 0.529. The highest BCUT2D eigenvalue weighted by Crippen LogP contribution is 2.31. The van der Waals surface area contributed by atoms with Gasteiger partial charge in [0.2, 0.25) is 0 Å². The number of hydrogen-bond acceptors (Lipinski definition) is 2. The summed E-state index contributed by atoms with van der Waals surface area (Å²) in [7, 11) is 0. The lowest BCUT2D eigenvalue weighted by Crippen LogP contribution is -2.27. The van der Waals surface area contributed by atoms with E-state index in [4.69, 9.17) is 12.2 Å². The lowest BCUT2D eigenvalue weighted by molar-refractivity contribution is 0.245. The van der Waals surface area contributed by atoms with Crippen LogP contribution in [0.1, 0.15) is 39.0 Å². The SMILES string of the molecule is CCC1CCC(Cn2c(=S)[nH]c3ccccc3c2=O)CC1. The summed E-state index contributed by atoms with van der Waals surface area (Å²) in [4.78, 5) is 15.8. The molecule has 2 aromatic rings. The van der Waals surface area contributed by atoms with E-state index >= 15 is 0 Å². The molecular weight excluding hydrogens is 280 g/mol. The Hall–Kier alpha value is -1.42. The molecule has 4 heteroatoms. The number of aromatic amines is 1. The minimum absolute atomic E-state index is 0.0481. The van der Waals surface area contributed by atoms with Crippen molar-refractivity contribution in [3.05, 3.63) is 39.4 Å². The number of rotatable bonds is 3. The van der Waals surface area contributed by atoms with Crippen molar-refractivity contribution >= 4 is 23.1 Å². The van der Waals surface area contributed by atoms with Gasteiger partial charge in [-0.3, -0.25) is 9.36 Å². The Labute approximate surface area is 130 Å². The maximum atomic E-state index is 12.6. The predicted molar refractivity (Wildman–Crippen MR) is 89.1 cm³/mol. The summed E-state index contributed by atoms with van der Waals surface area (Å²) in [6, 6.07) is 7.59. The van der Waals surface area contributed by atoms with Gasteiger partial charge in [-0.25, -0.2) is 0 Å². The molecule has 0 amide bonds. The van der Waals surface area contributed by atoms with E-state index in [1.165, 1.54) is 32.1 Å². The summed E-state index contributed by atoms with van der Waals surface area (Å²) < 4.78 is 2.31. The van der Waals surface area contributed by atoms with Crippen molar-refractivity contribution in [1.29, 1.82) is 0 Å². The lowest BCUT2D eigenvalue weighted by atomic mass is 9.81. The van der Waals surface area contributed by atoms with E-state index < -0.39 is 0 Å². The molecule has 1 aliphatic rings. The Kier molecular flexibility index (Phi) is 4.24. The molecule has 0 bridgehead atoms. The van der Waals surface area contributed by atoms with Gasteiger partial charge in [0.15, 0.2) is 4.77 Å². The van der Waals surface area contributed by atoms with E-state index in [1.54, 1.807) is 4.57 Å². The van der Waals surface area contributed by atoms with E-state index in [0.29, 0.717) is 10.7 Å². The van der Waals surface area contributed by atoms with Crippen LogP contribution in [0.25, 0.3) is 10.9 Å². The minimum Gasteiger partial charge on any atom is -0.332 e. The fourth-order valence-corrected chi connectivity index (χ4v) is 3.71. The minimum atomic E-state index is 0.0481. The highest BCUT2D eigenvalue weighted by atomic mass is 32.1. The number of nitrogens with zero attached hydrogens (tertiary/aromatic N) is 1. The molecule has 1 N–H and O–H groups in total. The van der Waals surface area contributed by atoms with Crippen LogP contribution in [-0.2, 0) is 6.54 Å². The third-order valence-corrected chi connectivity index (χ3v) is 5.20. The van der Waals surface area contributed by atoms with E-state index in [1.807, 2.05) is 24.3 Å². The largest absolute Gasteiger partial charge is 0.332 e. The Balaban J connectivity index is 1.88. The lowest BCUT2D eigenvalue weighted by Gasteiger charge is -2.28. The molecule has 0 atom stereocenters. The molecule has 112 valence electrons. The summed E-state index contributed by atoms with van der Waals surface area (Å²) >= 11 is 5.39. The molecule has 0 radical (unpaired) electrons. The molecule has 0 unspecified atom stereocenters. The zero-order chi connectivity index (χ0) is 14.8. The Morgan fingerprint density at radius 1 is 1.19 bits per heavy atom. The molecule has 3 rings (SSSR count). The van der Waals surface area contributed by atoms with E-state index in [2.05, 4.69) is 11.9 Å². The summed E-state index contributed by atoms with van der Waals surface area (Å²) in [5, 5.41) is 0.730. The normalized spacial score (nSPS) is 22.5. The van der Waals surface area contributed by atoms with Crippen LogP contribution in [0.5, 0.6) is 0 Å². The van der Waals surface area contributed by atoms with Crippen molar-refractivity contribution in [3.63, 3.8) is 0 Å². The van der Waals surface area contributed by atoms with Gasteiger partial charge in [-0.2, -0.15) is 0 Å². The molecule has 3 nitrogen and oxygen atoms in total. The standard InChI is InChI=1S/C17H22N2OS/c1-2-12-7-9-13(10-8-12)11-19-16(20)14-5-3-4-6-15(14)18-17(19)21/h3-6,12-13H,2,7-11H2,1H3,(H,18,21). The topological polar surface area (TPSA) is 37.8 Å². The third-order valence-electron chi connectivity index (χ3n) is 4.87. The highest BCUT2D eigenvalue weighted by molar-refractivity contribution is 7.71. The van der Waals surface area contributed by atoms with Crippen molar-refractivity contribution in [2.75, 3.05) is 0 Å². The van der Waals surface area contributed by atoms with Gasteiger partial charge in [-0.1, -0.05) is 38.3 Å². The third kappa shape index (κ3) is 2.95. The number of nitrogens with one attached hydrogen (secondary N) is 1. The zero-order valence-electron chi connectivity index (χ0n) is 12.5. The molecule has 1 aliphatic carbocycles. The zero-order valence-corrected chi connectivity index (χ0v) is 13.3. The van der Waals surface area contributed by atoms with Crippen LogP contribution in [0.2, 0.25) is 0 Å². The van der Waals surface area contributed by atoms with Crippen molar-refractivity contribution in [1.82, 2.24) is 9.55 Å². The maximum absolute atomic E-state index is 12.6. The van der Waals surface area contributed by atoms with E-state index in [0.717, 1.165) is 23.4 Å². The first-order valence-electron chi connectivity index (χ1n) is 7.91. The number of hydrogen-bond donors (Lipinski definition) is 1. The van der Waals surface area contributed by atoms with Crippen LogP contribution < -0.4 is 5.56 Å². The smallest absolute Gasteiger partial charge is 0.262 e. The van der Waals surface area contributed by atoms with Crippen LogP contribution in [0.4, 0.5) is 0 Å². The monoisotopic (exact) mass is 302 g/mol. The molecule has 1 fully saturated rings. The Morgan fingerprint density at radius 2 is 1.86 bits per heavy atom. The predicted octanol–water partition coefficient (Wildman–Crippen LogP) is 4.28. The van der Waals surface area contributed by atoms with Crippen molar-refractivity contribution in [2.45, 2.75) is 45.6 Å². The van der Waals surface area contributed by atoms with Gasteiger partial charge in [0.1, 0.15) is 0 Å². The first kappa shape index (κ1) is 14.5. The second-order valence-electron chi connectivity index (χ2n) is 6.19. The second-order valence-corrected chi connectivity index (χ2v) is 6.57. The Bertz CT molecular complexity index is 738. The molecule has 0 spiro atoms. The molecule has 21 heavy (non-hydrogen) atoms. The molecule has 0 aliphatic heterocycles. The van der Waals surface area contributed by atoms with Crippen LogP contribution in [0, 0.1) is 16.6 Å². The molecule has 1 aromatic heterocycles. The molecular formula is C17H22N2OS. The van der Waals surface area contributed by atoms with Gasteiger partial charge in [0.05, 0.1) is 10.9 Å². The number of H-pyrrole nitrogens is 1. The Morgan fingerprint density at radius 3 is 2.57 bits per heavy atom. The second kappa shape index (κ2) is 6.14. The van der Waals surface area contributed by atoms with Gasteiger partial charge < -0.3 is 4.98 Å². The summed E-state index contributed by atoms with van der Waals surface area (Å²) in [6.45, 7) is 3.03. The van der Waals surface area contributed by atoms with Crippen LogP contribution >= 0.6 is 12.2 Å². The number of benzene rings is 1. The fourth-order valence-electron chi connectivity index (χ4n) is 3.45. The maximum Gasteiger partial charge on any atom is 0.262 e. The number of fused-ring (bicyclic) bond motifs is 1. The number of aromatic nitrogens is 2. The summed E-state index contributed by atoms with van der Waals surface area (Å²) in [5.41, 5.74) is 0.880. The van der Waals surface area contributed by atoms with Crippen molar-refractivity contribution < 1.29 is 0 Å². The first-order valence-corrected chi connectivity index (χ1v) is 8.31. The number of para-hydroxylation sites is 1.